The Hall–Kier alpha value is -3.46. The molecule has 232 valence electrons. The molecule has 0 N–H and O–H groups in total. The molecule has 0 saturated carbocycles. The summed E-state index contributed by atoms with van der Waals surface area (Å²) in [5.41, 5.74) is 6.73. The second kappa shape index (κ2) is 13.3. The molecule has 1 atom stereocenters. The van der Waals surface area contributed by atoms with Crippen molar-refractivity contribution in [1.29, 1.82) is 0 Å². The van der Waals surface area contributed by atoms with E-state index in [0.717, 1.165) is 52.4 Å². The van der Waals surface area contributed by atoms with Crippen LogP contribution in [0.3, 0.4) is 0 Å². The van der Waals surface area contributed by atoms with Gasteiger partial charge in [-0.05, 0) is 72.2 Å². The summed E-state index contributed by atoms with van der Waals surface area (Å²) in [6.45, 7) is 8.15. The van der Waals surface area contributed by atoms with Crippen molar-refractivity contribution in [2.24, 2.45) is 5.41 Å². The van der Waals surface area contributed by atoms with Crippen LogP contribution in [0.1, 0.15) is 70.8 Å². The van der Waals surface area contributed by atoms with Gasteiger partial charge in [0.1, 0.15) is 17.6 Å². The van der Waals surface area contributed by atoms with E-state index in [1.54, 1.807) is 31.3 Å². The SMILES string of the molecule is COC.Cc1c2ccc3c1nnn3CCCCOc1cc(Cl)c(c(Cl)c1)C(=O)N1CCc3ccc(cc3C1)C2C(C)(C)C=O. The summed E-state index contributed by atoms with van der Waals surface area (Å²) >= 11 is 13.2. The number of rotatable bonds is 2. The largest absolute Gasteiger partial charge is 0.493 e. The number of amides is 1. The van der Waals surface area contributed by atoms with Crippen LogP contribution >= 0.6 is 23.2 Å². The van der Waals surface area contributed by atoms with Gasteiger partial charge in [-0.25, -0.2) is 4.68 Å². The van der Waals surface area contributed by atoms with Crippen LogP contribution in [0.25, 0.3) is 11.0 Å². The molecule has 9 bridgehead atoms. The maximum atomic E-state index is 13.7. The Bertz CT molecular complexity index is 1680. The molecule has 1 amide bonds. The Labute approximate surface area is 268 Å². The van der Waals surface area contributed by atoms with Gasteiger partial charge in [0.15, 0.2) is 0 Å². The molecule has 0 spiro atoms. The third-order valence-corrected chi connectivity index (χ3v) is 9.06. The van der Waals surface area contributed by atoms with Crippen molar-refractivity contribution in [1.82, 2.24) is 19.9 Å². The second-order valence-corrected chi connectivity index (χ2v) is 12.9. The van der Waals surface area contributed by atoms with Crippen LogP contribution in [0.5, 0.6) is 5.75 Å². The Balaban J connectivity index is 0.00000123. The number of aromatic nitrogens is 3. The summed E-state index contributed by atoms with van der Waals surface area (Å²) in [6, 6.07) is 13.9. The fraction of sp³-hybridized carbons (Fsp3) is 0.412. The highest BCUT2D eigenvalue weighted by Gasteiger charge is 2.35. The Morgan fingerprint density at radius 1 is 1.02 bits per heavy atom. The number of hydrogen-bond acceptors (Lipinski definition) is 6. The number of ether oxygens (including phenoxy) is 2. The lowest BCUT2D eigenvalue weighted by Gasteiger charge is -2.34. The topological polar surface area (TPSA) is 86.6 Å². The summed E-state index contributed by atoms with van der Waals surface area (Å²) in [7, 11) is 3.25. The van der Waals surface area contributed by atoms with E-state index in [-0.39, 0.29) is 27.4 Å². The van der Waals surface area contributed by atoms with E-state index in [2.05, 4.69) is 52.3 Å². The molecule has 3 aromatic carbocycles. The highest BCUT2D eigenvalue weighted by molar-refractivity contribution is 6.39. The number of methoxy groups -OCH3 is 1. The maximum Gasteiger partial charge on any atom is 0.257 e. The van der Waals surface area contributed by atoms with Crippen molar-refractivity contribution < 1.29 is 19.1 Å². The van der Waals surface area contributed by atoms with Gasteiger partial charge >= 0.3 is 0 Å². The summed E-state index contributed by atoms with van der Waals surface area (Å²) in [4.78, 5) is 27.9. The lowest BCUT2D eigenvalue weighted by atomic mass is 9.70. The molecular weight excluding hydrogens is 599 g/mol. The Morgan fingerprint density at radius 2 is 1.75 bits per heavy atom. The fourth-order valence-corrected chi connectivity index (χ4v) is 6.85. The minimum Gasteiger partial charge on any atom is -0.493 e. The monoisotopic (exact) mass is 636 g/mol. The fourth-order valence-electron chi connectivity index (χ4n) is 6.22. The average molecular weight is 638 g/mol. The van der Waals surface area contributed by atoms with Crippen molar-refractivity contribution in [2.45, 2.75) is 59.0 Å². The molecule has 1 aromatic heterocycles. The number of hydrogen-bond donors (Lipinski definition) is 0. The van der Waals surface area contributed by atoms with Crippen LogP contribution in [0, 0.1) is 12.3 Å². The molecule has 10 heteroatoms. The molecule has 44 heavy (non-hydrogen) atoms. The lowest BCUT2D eigenvalue weighted by Crippen LogP contribution is -2.36. The van der Waals surface area contributed by atoms with Gasteiger partial charge in [0.05, 0.1) is 27.7 Å². The van der Waals surface area contributed by atoms with Gasteiger partial charge in [0.25, 0.3) is 5.91 Å². The zero-order chi connectivity index (χ0) is 31.6. The molecule has 5 aliphatic rings. The van der Waals surface area contributed by atoms with Gasteiger partial charge in [-0.3, -0.25) is 4.79 Å². The molecule has 6 heterocycles. The predicted molar refractivity (Wildman–Crippen MR) is 173 cm³/mol. The highest BCUT2D eigenvalue weighted by Crippen LogP contribution is 2.43. The zero-order valence-electron chi connectivity index (χ0n) is 25.8. The van der Waals surface area contributed by atoms with Gasteiger partial charge < -0.3 is 19.2 Å². The van der Waals surface area contributed by atoms with Crippen molar-refractivity contribution in [3.63, 3.8) is 0 Å². The van der Waals surface area contributed by atoms with E-state index < -0.39 is 5.41 Å². The van der Waals surface area contributed by atoms with Gasteiger partial charge in [-0.2, -0.15) is 0 Å². The third kappa shape index (κ3) is 6.21. The number of benzene rings is 3. The highest BCUT2D eigenvalue weighted by atomic mass is 35.5. The van der Waals surface area contributed by atoms with E-state index in [9.17, 15) is 9.59 Å². The van der Waals surface area contributed by atoms with E-state index in [1.807, 2.05) is 18.5 Å². The van der Waals surface area contributed by atoms with Gasteiger partial charge in [0, 0.05) is 45.2 Å². The summed E-state index contributed by atoms with van der Waals surface area (Å²) in [5.74, 6) is 0.116. The number of nitrogens with zero attached hydrogens (tertiary/aromatic N) is 4. The van der Waals surface area contributed by atoms with Crippen LogP contribution in [0.4, 0.5) is 0 Å². The number of aldehydes is 1. The van der Waals surface area contributed by atoms with Crippen molar-refractivity contribution in [3.05, 3.63) is 85.9 Å². The van der Waals surface area contributed by atoms with Crippen molar-refractivity contribution in [2.75, 3.05) is 27.4 Å². The van der Waals surface area contributed by atoms with Crippen LogP contribution in [-0.2, 0) is 29.0 Å². The number of aryl methyl sites for hydroxylation is 2. The number of carbonyl (C=O) groups excluding carboxylic acids is 2. The van der Waals surface area contributed by atoms with E-state index in [0.29, 0.717) is 38.4 Å². The average Bonchev–Trinajstić information content (AvgIpc) is 3.41. The summed E-state index contributed by atoms with van der Waals surface area (Å²) < 4.78 is 12.1. The van der Waals surface area contributed by atoms with Gasteiger partial charge in [-0.15, -0.1) is 5.10 Å². The smallest absolute Gasteiger partial charge is 0.257 e. The molecule has 5 aliphatic heterocycles. The van der Waals surface area contributed by atoms with E-state index in [1.165, 1.54) is 5.56 Å². The zero-order valence-corrected chi connectivity index (χ0v) is 27.3. The third-order valence-electron chi connectivity index (χ3n) is 8.47. The molecular formula is C34H38Cl2N4O4. The Kier molecular flexibility index (Phi) is 9.63. The van der Waals surface area contributed by atoms with E-state index >= 15 is 0 Å². The normalized spacial score (nSPS) is 16.9. The molecule has 0 aliphatic carbocycles. The first-order valence-electron chi connectivity index (χ1n) is 14.8. The summed E-state index contributed by atoms with van der Waals surface area (Å²) in [6.07, 6.45) is 3.37. The first-order valence-corrected chi connectivity index (χ1v) is 15.6. The van der Waals surface area contributed by atoms with Gasteiger partial charge in [-0.1, -0.05) is 66.5 Å². The van der Waals surface area contributed by atoms with Gasteiger partial charge in [0.2, 0.25) is 0 Å². The Morgan fingerprint density at radius 3 is 2.45 bits per heavy atom. The molecule has 0 fully saturated rings. The number of carbonyl (C=O) groups is 2. The van der Waals surface area contributed by atoms with Crippen LogP contribution in [0.2, 0.25) is 10.0 Å². The van der Waals surface area contributed by atoms with E-state index in [4.69, 9.17) is 27.9 Å². The standard InChI is InChI=1S/C32H32Cl2N4O3.C2H6O/c1-19-24-8-9-27-30(19)35-36-38(27)11-4-5-13-41-23-15-25(33)28(26(34)16-23)31(40)37-12-10-20-6-7-21(14-22(20)17-37)29(24)32(2,3)18-39;1-3-2/h6-9,14-16,18,29H,4-5,10-13,17H2,1-3H3;1-2H3. The minimum absolute atomic E-state index is 0.207. The van der Waals surface area contributed by atoms with Crippen molar-refractivity contribution in [3.8, 4) is 5.75 Å². The van der Waals surface area contributed by atoms with Crippen LogP contribution in [-0.4, -0.2) is 59.5 Å². The second-order valence-electron chi connectivity index (χ2n) is 12.1. The molecule has 1 unspecified atom stereocenters. The van der Waals surface area contributed by atoms with Crippen LogP contribution in [0.15, 0.2) is 42.5 Å². The molecule has 4 aromatic rings. The van der Waals surface area contributed by atoms with Crippen molar-refractivity contribution >= 4 is 46.4 Å². The first kappa shape index (κ1) is 31.9. The maximum absolute atomic E-state index is 13.7. The number of halogens is 2. The molecule has 8 nitrogen and oxygen atoms in total. The first-order chi connectivity index (χ1) is 21.1. The minimum atomic E-state index is -0.690. The lowest BCUT2D eigenvalue weighted by molar-refractivity contribution is -0.115. The molecule has 0 saturated heterocycles. The quantitative estimate of drug-likeness (QED) is 0.219. The summed E-state index contributed by atoms with van der Waals surface area (Å²) in [5, 5.41) is 9.55. The predicted octanol–water partition coefficient (Wildman–Crippen LogP) is 7.04. The van der Waals surface area contributed by atoms with Crippen LogP contribution < -0.4 is 4.74 Å². The molecule has 9 rings (SSSR count). The molecule has 0 radical (unpaired) electrons.